The van der Waals surface area contributed by atoms with Crippen molar-refractivity contribution in [1.29, 1.82) is 0 Å². The zero-order chi connectivity index (χ0) is 15.6. The molecular weight excluding hydrogens is 258 g/mol. The van der Waals surface area contributed by atoms with E-state index < -0.39 is 0 Å². The van der Waals surface area contributed by atoms with E-state index in [1.54, 1.807) is 0 Å². The molecule has 0 atom stereocenters. The molecule has 1 amide bonds. The van der Waals surface area contributed by atoms with Crippen molar-refractivity contribution in [1.82, 2.24) is 0 Å². The number of benzene rings is 2. The highest BCUT2D eigenvalue weighted by Gasteiger charge is 2.14. The highest BCUT2D eigenvalue weighted by atomic mass is 16.1. The predicted molar refractivity (Wildman–Crippen MR) is 89.0 cm³/mol. The molecule has 0 bridgehead atoms. The fourth-order valence-electron chi connectivity index (χ4n) is 2.32. The van der Waals surface area contributed by atoms with E-state index in [1.807, 2.05) is 44.2 Å². The van der Waals surface area contributed by atoms with Gasteiger partial charge in [0, 0.05) is 11.3 Å². The Morgan fingerprint density at radius 1 is 0.952 bits per heavy atom. The molecular formula is C19H23NO. The summed E-state index contributed by atoms with van der Waals surface area (Å²) in [7, 11) is 0. The first-order valence-electron chi connectivity index (χ1n) is 7.26. The van der Waals surface area contributed by atoms with Gasteiger partial charge in [-0.1, -0.05) is 50.6 Å². The summed E-state index contributed by atoms with van der Waals surface area (Å²) < 4.78 is 0. The standard InChI is InChI=1S/C19H23NO/c1-13-6-11-17(14(2)12-13)18(21)20-16-9-7-15(8-10-16)19(3,4)5/h6-12H,1-5H3,(H,20,21). The molecule has 2 rings (SSSR count). The summed E-state index contributed by atoms with van der Waals surface area (Å²) in [6.45, 7) is 10.5. The fourth-order valence-corrected chi connectivity index (χ4v) is 2.32. The lowest BCUT2D eigenvalue weighted by atomic mass is 9.87. The van der Waals surface area contributed by atoms with Crippen molar-refractivity contribution in [2.24, 2.45) is 0 Å². The minimum atomic E-state index is -0.0593. The minimum absolute atomic E-state index is 0.0593. The molecule has 2 aromatic carbocycles. The van der Waals surface area contributed by atoms with Crippen LogP contribution in [0.15, 0.2) is 42.5 Å². The lowest BCUT2D eigenvalue weighted by molar-refractivity contribution is 0.102. The molecule has 1 N–H and O–H groups in total. The van der Waals surface area contributed by atoms with E-state index >= 15 is 0 Å². The minimum Gasteiger partial charge on any atom is -0.322 e. The number of hydrogen-bond acceptors (Lipinski definition) is 1. The first kappa shape index (κ1) is 15.3. The van der Waals surface area contributed by atoms with Crippen LogP contribution in [0.3, 0.4) is 0 Å². The van der Waals surface area contributed by atoms with Crippen molar-refractivity contribution in [3.05, 3.63) is 64.7 Å². The Balaban J connectivity index is 2.16. The van der Waals surface area contributed by atoms with Crippen LogP contribution in [0.5, 0.6) is 0 Å². The summed E-state index contributed by atoms with van der Waals surface area (Å²) in [5, 5.41) is 2.96. The van der Waals surface area contributed by atoms with Crippen molar-refractivity contribution in [2.75, 3.05) is 5.32 Å². The van der Waals surface area contributed by atoms with E-state index in [-0.39, 0.29) is 11.3 Å². The maximum atomic E-state index is 12.3. The molecule has 0 unspecified atom stereocenters. The van der Waals surface area contributed by atoms with Gasteiger partial charge in [0.25, 0.3) is 5.91 Å². The van der Waals surface area contributed by atoms with Crippen LogP contribution in [0.4, 0.5) is 5.69 Å². The van der Waals surface area contributed by atoms with E-state index in [0.29, 0.717) is 0 Å². The SMILES string of the molecule is Cc1ccc(C(=O)Nc2ccc(C(C)(C)C)cc2)c(C)c1. The van der Waals surface area contributed by atoms with Crippen LogP contribution in [0.1, 0.15) is 47.8 Å². The van der Waals surface area contributed by atoms with Gasteiger partial charge < -0.3 is 5.32 Å². The van der Waals surface area contributed by atoms with Crippen LogP contribution in [-0.2, 0) is 5.41 Å². The Morgan fingerprint density at radius 3 is 2.10 bits per heavy atom. The average Bonchev–Trinajstić information content (AvgIpc) is 2.38. The molecule has 0 aliphatic carbocycles. The van der Waals surface area contributed by atoms with Gasteiger partial charge >= 0.3 is 0 Å². The third-order valence-electron chi connectivity index (χ3n) is 3.64. The van der Waals surface area contributed by atoms with Crippen LogP contribution in [-0.4, -0.2) is 5.91 Å². The summed E-state index contributed by atoms with van der Waals surface area (Å²) >= 11 is 0. The van der Waals surface area contributed by atoms with Crippen LogP contribution in [0, 0.1) is 13.8 Å². The second-order valence-corrected chi connectivity index (χ2v) is 6.60. The molecule has 0 aromatic heterocycles. The van der Waals surface area contributed by atoms with E-state index in [4.69, 9.17) is 0 Å². The van der Waals surface area contributed by atoms with Crippen molar-refractivity contribution in [3.63, 3.8) is 0 Å². The number of carbonyl (C=O) groups excluding carboxylic acids is 1. The first-order chi connectivity index (χ1) is 9.77. The van der Waals surface area contributed by atoms with E-state index in [2.05, 4.69) is 38.2 Å². The van der Waals surface area contributed by atoms with Gasteiger partial charge in [0.05, 0.1) is 0 Å². The molecule has 0 radical (unpaired) electrons. The van der Waals surface area contributed by atoms with E-state index in [9.17, 15) is 4.79 Å². The van der Waals surface area contributed by atoms with Crippen molar-refractivity contribution >= 4 is 11.6 Å². The molecule has 0 spiro atoms. The zero-order valence-electron chi connectivity index (χ0n) is 13.4. The summed E-state index contributed by atoms with van der Waals surface area (Å²) in [6, 6.07) is 13.9. The summed E-state index contributed by atoms with van der Waals surface area (Å²) in [6.07, 6.45) is 0. The second-order valence-electron chi connectivity index (χ2n) is 6.60. The number of nitrogens with one attached hydrogen (secondary N) is 1. The van der Waals surface area contributed by atoms with Crippen molar-refractivity contribution in [2.45, 2.75) is 40.0 Å². The fraction of sp³-hybridized carbons (Fsp3) is 0.316. The number of aryl methyl sites for hydroxylation is 2. The monoisotopic (exact) mass is 281 g/mol. The molecule has 0 fully saturated rings. The van der Waals surface area contributed by atoms with Gasteiger partial charge in [0.1, 0.15) is 0 Å². The highest BCUT2D eigenvalue weighted by Crippen LogP contribution is 2.23. The Morgan fingerprint density at radius 2 is 1.57 bits per heavy atom. The second kappa shape index (κ2) is 5.72. The topological polar surface area (TPSA) is 29.1 Å². The normalized spacial score (nSPS) is 11.3. The van der Waals surface area contributed by atoms with Gasteiger partial charge in [-0.3, -0.25) is 4.79 Å². The molecule has 0 aliphatic rings. The Kier molecular flexibility index (Phi) is 4.17. The molecule has 2 nitrogen and oxygen atoms in total. The van der Waals surface area contributed by atoms with Crippen LogP contribution >= 0.6 is 0 Å². The highest BCUT2D eigenvalue weighted by molar-refractivity contribution is 6.05. The number of hydrogen-bond donors (Lipinski definition) is 1. The zero-order valence-corrected chi connectivity index (χ0v) is 13.4. The number of anilines is 1. The van der Waals surface area contributed by atoms with Gasteiger partial charge in [-0.2, -0.15) is 0 Å². The summed E-state index contributed by atoms with van der Waals surface area (Å²) in [5.74, 6) is -0.0593. The van der Waals surface area contributed by atoms with Crippen LogP contribution < -0.4 is 5.32 Å². The smallest absolute Gasteiger partial charge is 0.255 e. The lowest BCUT2D eigenvalue weighted by Gasteiger charge is -2.19. The molecule has 110 valence electrons. The molecule has 0 aliphatic heterocycles. The maximum Gasteiger partial charge on any atom is 0.255 e. The first-order valence-corrected chi connectivity index (χ1v) is 7.26. The van der Waals surface area contributed by atoms with Gasteiger partial charge in [-0.25, -0.2) is 0 Å². The Bertz CT molecular complexity index is 648. The molecule has 2 aromatic rings. The van der Waals surface area contributed by atoms with Gasteiger partial charge in [-0.05, 0) is 48.6 Å². The molecule has 21 heavy (non-hydrogen) atoms. The summed E-state index contributed by atoms with van der Waals surface area (Å²) in [4.78, 5) is 12.3. The third kappa shape index (κ3) is 3.72. The van der Waals surface area contributed by atoms with Gasteiger partial charge in [0.2, 0.25) is 0 Å². The van der Waals surface area contributed by atoms with Crippen molar-refractivity contribution < 1.29 is 4.79 Å². The van der Waals surface area contributed by atoms with Crippen LogP contribution in [0.2, 0.25) is 0 Å². The maximum absolute atomic E-state index is 12.3. The Labute approximate surface area is 127 Å². The lowest BCUT2D eigenvalue weighted by Crippen LogP contribution is -2.14. The van der Waals surface area contributed by atoms with Crippen LogP contribution in [0.25, 0.3) is 0 Å². The molecule has 2 heteroatoms. The third-order valence-corrected chi connectivity index (χ3v) is 3.64. The molecule has 0 saturated carbocycles. The van der Waals surface area contributed by atoms with E-state index in [1.165, 1.54) is 11.1 Å². The van der Waals surface area contributed by atoms with Gasteiger partial charge in [0.15, 0.2) is 0 Å². The van der Waals surface area contributed by atoms with Gasteiger partial charge in [-0.15, -0.1) is 0 Å². The predicted octanol–water partition coefficient (Wildman–Crippen LogP) is 4.85. The van der Waals surface area contributed by atoms with Crippen molar-refractivity contribution in [3.8, 4) is 0 Å². The number of carbonyl (C=O) groups is 1. The average molecular weight is 281 g/mol. The number of amides is 1. The molecule has 0 heterocycles. The Hall–Kier alpha value is -2.09. The number of rotatable bonds is 2. The summed E-state index contributed by atoms with van der Waals surface area (Å²) in [5.41, 5.74) is 5.09. The quantitative estimate of drug-likeness (QED) is 0.837. The van der Waals surface area contributed by atoms with E-state index in [0.717, 1.165) is 16.8 Å². The largest absolute Gasteiger partial charge is 0.322 e. The molecule has 0 saturated heterocycles.